The largest absolute Gasteiger partial charge is 0.478 e. The van der Waals surface area contributed by atoms with Crippen LogP contribution >= 0.6 is 0 Å². The van der Waals surface area contributed by atoms with Crippen LogP contribution in [0.2, 0.25) is 0 Å². The number of aliphatic hydroxyl groups is 2. The molecule has 92 valence electrons. The highest BCUT2D eigenvalue weighted by molar-refractivity contribution is 5.83. The van der Waals surface area contributed by atoms with Gasteiger partial charge in [0.2, 0.25) is 11.3 Å². The third-order valence-electron chi connectivity index (χ3n) is 3.24. The van der Waals surface area contributed by atoms with Crippen molar-refractivity contribution >= 4 is 11.8 Å². The maximum atomic E-state index is 11.2. The lowest BCUT2D eigenvalue weighted by Gasteiger charge is -2.40. The van der Waals surface area contributed by atoms with Crippen LogP contribution in [0.1, 0.15) is 13.8 Å². The Morgan fingerprint density at radius 3 is 2.71 bits per heavy atom. The van der Waals surface area contributed by atoms with Crippen molar-refractivity contribution in [3.63, 3.8) is 0 Å². The van der Waals surface area contributed by atoms with Crippen molar-refractivity contribution in [2.24, 2.45) is 0 Å². The van der Waals surface area contributed by atoms with E-state index in [0.29, 0.717) is 5.82 Å². The van der Waals surface area contributed by atoms with E-state index in [2.05, 4.69) is 5.32 Å². The first-order valence-corrected chi connectivity index (χ1v) is 5.23. The van der Waals surface area contributed by atoms with Gasteiger partial charge in [0.25, 0.3) is 5.82 Å². The molecule has 1 aliphatic rings. The first kappa shape index (κ1) is 11.8. The molecule has 2 rings (SSSR count). The Hall–Kier alpha value is -1.66. The molecule has 17 heavy (non-hydrogen) atoms. The van der Waals surface area contributed by atoms with Crippen LogP contribution < -0.4 is 9.88 Å². The van der Waals surface area contributed by atoms with Gasteiger partial charge in [0.1, 0.15) is 0 Å². The lowest BCUT2D eigenvalue weighted by atomic mass is 9.85. The Kier molecular flexibility index (Phi) is 2.37. The molecule has 3 unspecified atom stereocenters. The zero-order valence-electron chi connectivity index (χ0n) is 9.58. The Bertz CT molecular complexity index is 474. The first-order valence-electron chi connectivity index (χ1n) is 5.23. The highest BCUT2D eigenvalue weighted by Crippen LogP contribution is 2.30. The van der Waals surface area contributed by atoms with Crippen molar-refractivity contribution in [3.8, 4) is 0 Å². The minimum absolute atomic E-state index is 0.438. The van der Waals surface area contributed by atoms with E-state index in [0.717, 1.165) is 0 Å². The number of aliphatic hydroxyl groups excluding tert-OH is 1. The molecule has 1 aliphatic heterocycles. The number of rotatable bonds is 1. The smallest absolute Gasteiger partial charge is 0.354 e. The number of fused-ring (bicyclic) bond motifs is 1. The fourth-order valence-corrected chi connectivity index (χ4v) is 2.12. The van der Waals surface area contributed by atoms with Gasteiger partial charge >= 0.3 is 5.97 Å². The average molecular weight is 239 g/mol. The second kappa shape index (κ2) is 3.41. The topological polar surface area (TPSA) is 93.7 Å². The molecule has 2 heterocycles. The minimum Gasteiger partial charge on any atom is -0.478 e. The summed E-state index contributed by atoms with van der Waals surface area (Å²) in [6, 6.07) is 5.05. The molecule has 1 aromatic rings. The predicted octanol–water partition coefficient (Wildman–Crippen LogP) is -0.731. The Labute approximate surface area is 98.1 Å². The van der Waals surface area contributed by atoms with Crippen molar-refractivity contribution < 1.29 is 24.7 Å². The number of carboxylic acid groups (broad SMARTS) is 1. The van der Waals surface area contributed by atoms with Gasteiger partial charge in [0.05, 0.1) is 6.20 Å². The molecule has 0 bridgehead atoms. The quantitative estimate of drug-likeness (QED) is 0.485. The number of hydrogen-bond acceptors (Lipinski definition) is 4. The third-order valence-corrected chi connectivity index (χ3v) is 3.24. The summed E-state index contributed by atoms with van der Waals surface area (Å²) in [6.45, 7) is 2.72. The average Bonchev–Trinajstić information content (AvgIpc) is 2.26. The van der Waals surface area contributed by atoms with E-state index in [4.69, 9.17) is 0 Å². The third kappa shape index (κ3) is 1.49. The van der Waals surface area contributed by atoms with Crippen LogP contribution in [0.25, 0.3) is 0 Å². The molecule has 0 aromatic carbocycles. The molecule has 6 nitrogen and oxygen atoms in total. The molecule has 1 aromatic heterocycles. The summed E-state index contributed by atoms with van der Waals surface area (Å²) >= 11 is 0. The molecule has 4 N–H and O–H groups in total. The number of hydrogen-bond donors (Lipinski definition) is 4. The molecule has 0 fully saturated rings. The van der Waals surface area contributed by atoms with E-state index in [1.165, 1.54) is 18.4 Å². The van der Waals surface area contributed by atoms with Crippen LogP contribution in [-0.2, 0) is 10.5 Å². The molecular weight excluding hydrogens is 224 g/mol. The highest BCUT2D eigenvalue weighted by Gasteiger charge is 2.60. The maximum absolute atomic E-state index is 11.2. The van der Waals surface area contributed by atoms with Crippen molar-refractivity contribution in [1.82, 2.24) is 0 Å². The second-order valence-electron chi connectivity index (χ2n) is 4.59. The van der Waals surface area contributed by atoms with E-state index in [1.54, 1.807) is 24.4 Å². The van der Waals surface area contributed by atoms with Gasteiger partial charge in [-0.2, -0.15) is 0 Å². The van der Waals surface area contributed by atoms with Gasteiger partial charge in [-0.15, -0.1) is 0 Å². The maximum Gasteiger partial charge on any atom is 0.354 e. The predicted molar refractivity (Wildman–Crippen MR) is 58.2 cm³/mol. The summed E-state index contributed by atoms with van der Waals surface area (Å²) in [6.07, 6.45) is 0.0971. The zero-order chi connectivity index (χ0) is 12.8. The Morgan fingerprint density at radius 1 is 1.47 bits per heavy atom. The van der Waals surface area contributed by atoms with Crippen molar-refractivity contribution in [1.29, 1.82) is 0 Å². The fraction of sp³-hybridized carbons (Fsp3) is 0.455. The van der Waals surface area contributed by atoms with E-state index in [1.807, 2.05) is 0 Å². The van der Waals surface area contributed by atoms with Gasteiger partial charge in [-0.25, -0.2) is 9.36 Å². The monoisotopic (exact) mass is 239 g/mol. The fourth-order valence-electron chi connectivity index (χ4n) is 2.12. The molecule has 0 spiro atoms. The van der Waals surface area contributed by atoms with E-state index in [9.17, 15) is 20.1 Å². The van der Waals surface area contributed by atoms with Gasteiger partial charge in [-0.1, -0.05) is 6.07 Å². The molecule has 0 saturated heterocycles. The van der Waals surface area contributed by atoms with Crippen molar-refractivity contribution in [2.45, 2.75) is 31.2 Å². The van der Waals surface area contributed by atoms with Gasteiger partial charge < -0.3 is 15.3 Å². The Morgan fingerprint density at radius 2 is 2.12 bits per heavy atom. The van der Waals surface area contributed by atoms with Crippen molar-refractivity contribution in [3.05, 3.63) is 24.4 Å². The van der Waals surface area contributed by atoms with Crippen LogP contribution in [-0.4, -0.2) is 32.9 Å². The SMILES string of the molecule is CC1(C(=O)O)Nc2cccc[n+]2C(C)(O)C1O. The Balaban J connectivity index is 2.62. The van der Waals surface area contributed by atoms with Gasteiger partial charge in [0, 0.05) is 13.0 Å². The summed E-state index contributed by atoms with van der Waals surface area (Å²) in [5.74, 6) is -0.784. The number of anilines is 1. The van der Waals surface area contributed by atoms with Crippen molar-refractivity contribution in [2.75, 3.05) is 5.32 Å². The van der Waals surface area contributed by atoms with Gasteiger partial charge in [-0.05, 0) is 13.0 Å². The summed E-state index contributed by atoms with van der Waals surface area (Å²) in [4.78, 5) is 11.2. The summed E-state index contributed by atoms with van der Waals surface area (Å²) in [5, 5.41) is 32.3. The molecular formula is C11H15N2O4+. The molecule has 0 radical (unpaired) electrons. The zero-order valence-corrected chi connectivity index (χ0v) is 9.58. The summed E-state index contributed by atoms with van der Waals surface area (Å²) < 4.78 is 1.41. The highest BCUT2D eigenvalue weighted by atomic mass is 16.4. The van der Waals surface area contributed by atoms with Crippen LogP contribution in [0.4, 0.5) is 5.82 Å². The lowest BCUT2D eigenvalue weighted by Crippen LogP contribution is -2.75. The van der Waals surface area contributed by atoms with Crippen LogP contribution in [0.5, 0.6) is 0 Å². The number of aliphatic carboxylic acids is 1. The van der Waals surface area contributed by atoms with Crippen LogP contribution in [0.15, 0.2) is 24.4 Å². The van der Waals surface area contributed by atoms with E-state index >= 15 is 0 Å². The van der Waals surface area contributed by atoms with Crippen LogP contribution in [0.3, 0.4) is 0 Å². The number of nitrogens with one attached hydrogen (secondary N) is 1. The molecule has 0 aliphatic carbocycles. The normalized spacial score (nSPS) is 35.9. The van der Waals surface area contributed by atoms with Crippen LogP contribution in [0, 0.1) is 0 Å². The van der Waals surface area contributed by atoms with E-state index < -0.39 is 23.3 Å². The molecule has 3 atom stereocenters. The lowest BCUT2D eigenvalue weighted by molar-refractivity contribution is -0.806. The summed E-state index contributed by atoms with van der Waals surface area (Å²) in [7, 11) is 0. The minimum atomic E-state index is -1.69. The number of carbonyl (C=O) groups is 1. The van der Waals surface area contributed by atoms with Gasteiger partial charge in [0.15, 0.2) is 6.10 Å². The molecule has 0 saturated carbocycles. The summed E-state index contributed by atoms with van der Waals surface area (Å²) in [5.41, 5.74) is -3.32. The standard InChI is InChI=1S/C11H14N2O4/c1-10(9(15)16)8(14)11(2,17)13-6-4-3-5-7(13)12-10/h3-6,8,14,17H,1-2H3,(H,15,16)/p+1. The number of pyridine rings is 1. The molecule has 6 heteroatoms. The number of aromatic nitrogens is 1. The second-order valence-corrected chi connectivity index (χ2v) is 4.59. The number of nitrogens with zero attached hydrogens (tertiary/aromatic N) is 1. The molecule has 0 amide bonds. The number of carboxylic acids is 1. The van der Waals surface area contributed by atoms with E-state index in [-0.39, 0.29) is 0 Å². The van der Waals surface area contributed by atoms with Gasteiger partial charge in [-0.3, -0.25) is 5.32 Å². The first-order chi connectivity index (χ1) is 7.80.